The van der Waals surface area contributed by atoms with Gasteiger partial charge in [-0.3, -0.25) is 24.4 Å². The van der Waals surface area contributed by atoms with Crippen molar-refractivity contribution in [1.82, 2.24) is 24.7 Å². The van der Waals surface area contributed by atoms with Crippen LogP contribution in [0.2, 0.25) is 0 Å². The van der Waals surface area contributed by atoms with E-state index in [0.717, 1.165) is 11.3 Å². The molecule has 1 N–H and O–H groups in total. The zero-order chi connectivity index (χ0) is 26.6. The molecule has 196 valence electrons. The molecule has 4 rings (SSSR count). The third kappa shape index (κ3) is 6.88. The average molecular weight is 510 g/mol. The number of pyridine rings is 2. The number of amides is 3. The van der Waals surface area contributed by atoms with Gasteiger partial charge in [-0.05, 0) is 29.5 Å². The Morgan fingerprint density at radius 3 is 2.24 bits per heavy atom. The van der Waals surface area contributed by atoms with E-state index in [1.807, 2.05) is 13.8 Å². The number of carboxylic acids is 1. The van der Waals surface area contributed by atoms with Gasteiger partial charge in [-0.25, -0.2) is 14.6 Å². The normalized spacial score (nSPS) is 18.1. The molecule has 11 nitrogen and oxygen atoms in total. The van der Waals surface area contributed by atoms with Gasteiger partial charge in [0.15, 0.2) is 0 Å². The van der Waals surface area contributed by atoms with Crippen LogP contribution in [-0.4, -0.2) is 86.4 Å². The van der Waals surface area contributed by atoms with Crippen molar-refractivity contribution in [3.05, 3.63) is 53.5 Å². The smallest absolute Gasteiger partial charge is 0.416 e. The number of nitrogens with zero attached hydrogens (tertiary/aromatic N) is 5. The number of hydrogen-bond donors (Lipinski definition) is 1. The number of carboxylic acid groups (broad SMARTS) is 1. The van der Waals surface area contributed by atoms with Crippen molar-refractivity contribution in [2.24, 2.45) is 5.41 Å². The highest BCUT2D eigenvalue weighted by Gasteiger charge is 2.37. The molecule has 0 radical (unpaired) electrons. The maximum atomic E-state index is 12.6. The van der Waals surface area contributed by atoms with Gasteiger partial charge in [0.25, 0.3) is 0 Å². The number of rotatable bonds is 7. The van der Waals surface area contributed by atoms with E-state index in [4.69, 9.17) is 9.84 Å². The van der Waals surface area contributed by atoms with E-state index in [9.17, 15) is 19.2 Å². The summed E-state index contributed by atoms with van der Waals surface area (Å²) in [6.45, 7) is 6.95. The molecule has 0 aromatic carbocycles. The minimum atomic E-state index is -1.01. The lowest BCUT2D eigenvalue weighted by molar-refractivity contribution is -0.152. The Balaban J connectivity index is 1.21. The number of piperidine rings is 1. The van der Waals surface area contributed by atoms with Crippen molar-refractivity contribution in [3.63, 3.8) is 0 Å². The number of hydrogen-bond acceptors (Lipinski definition) is 8. The molecular formula is C26H31N5O6. The van der Waals surface area contributed by atoms with Crippen molar-refractivity contribution in [2.75, 3.05) is 32.7 Å². The van der Waals surface area contributed by atoms with Crippen molar-refractivity contribution >= 4 is 23.9 Å². The second kappa shape index (κ2) is 11.0. The largest absolute Gasteiger partial charge is 0.478 e. The Morgan fingerprint density at radius 1 is 0.973 bits per heavy atom. The molecule has 0 aliphatic carbocycles. The molecule has 0 spiro atoms. The molecule has 2 aromatic rings. The Morgan fingerprint density at radius 2 is 1.68 bits per heavy atom. The molecule has 0 bridgehead atoms. The van der Waals surface area contributed by atoms with Gasteiger partial charge in [0.1, 0.15) is 0 Å². The van der Waals surface area contributed by atoms with Gasteiger partial charge in [0, 0.05) is 70.6 Å². The van der Waals surface area contributed by atoms with Crippen LogP contribution in [-0.2, 0) is 22.6 Å². The highest BCUT2D eigenvalue weighted by molar-refractivity contribution is 5.98. The van der Waals surface area contributed by atoms with Gasteiger partial charge in [0.2, 0.25) is 17.7 Å². The summed E-state index contributed by atoms with van der Waals surface area (Å²) in [7, 11) is 0. The van der Waals surface area contributed by atoms with Gasteiger partial charge >= 0.3 is 12.1 Å². The molecule has 0 saturated carbocycles. The molecule has 2 aliphatic heterocycles. The van der Waals surface area contributed by atoms with Gasteiger partial charge < -0.3 is 14.7 Å². The Bertz CT molecular complexity index is 1140. The maximum Gasteiger partial charge on any atom is 0.416 e. The molecule has 4 heterocycles. The van der Waals surface area contributed by atoms with E-state index in [1.54, 1.807) is 29.3 Å². The molecule has 0 atom stereocenters. The summed E-state index contributed by atoms with van der Waals surface area (Å²) in [4.78, 5) is 61.6. The van der Waals surface area contributed by atoms with Crippen LogP contribution in [0.15, 0.2) is 36.7 Å². The van der Waals surface area contributed by atoms with Crippen molar-refractivity contribution in [3.8, 4) is 5.88 Å². The van der Waals surface area contributed by atoms with E-state index < -0.39 is 12.1 Å². The van der Waals surface area contributed by atoms with Crippen LogP contribution in [0.4, 0.5) is 4.79 Å². The fourth-order valence-corrected chi connectivity index (χ4v) is 4.44. The van der Waals surface area contributed by atoms with Crippen LogP contribution in [0, 0.1) is 5.41 Å². The van der Waals surface area contributed by atoms with Crippen LogP contribution in [0.3, 0.4) is 0 Å². The number of carbonyl (C=O) groups excluding carboxylic acids is 3. The van der Waals surface area contributed by atoms with Crippen LogP contribution in [0.25, 0.3) is 0 Å². The summed E-state index contributed by atoms with van der Waals surface area (Å²) in [6.07, 6.45) is 3.65. The number of likely N-dealkylation sites (tertiary alicyclic amines) is 1. The fraction of sp³-hybridized carbons (Fsp3) is 0.462. The molecular weight excluding hydrogens is 478 g/mol. The lowest BCUT2D eigenvalue weighted by atomic mass is 9.81. The van der Waals surface area contributed by atoms with Crippen molar-refractivity contribution < 1.29 is 29.0 Å². The summed E-state index contributed by atoms with van der Waals surface area (Å²) in [5.41, 5.74) is 1.46. The number of carbonyl (C=O) groups is 4. The standard InChI is InChI=1S/C26H31N5O6/c1-26(2)13-22(32)31(23(33)14-26)8-7-18-3-6-21(28-15-18)37-25(36)30-11-9-29(10-12-30)17-20-5-4-19(16-27-20)24(34)35/h3-6,15-16H,7-14,17H2,1-2H3,(H,34,35). The van der Waals surface area contributed by atoms with E-state index in [0.29, 0.717) is 58.5 Å². The minimum Gasteiger partial charge on any atom is -0.478 e. The zero-order valence-electron chi connectivity index (χ0n) is 21.1. The van der Waals surface area contributed by atoms with E-state index >= 15 is 0 Å². The quantitative estimate of drug-likeness (QED) is 0.558. The molecule has 0 unspecified atom stereocenters. The summed E-state index contributed by atoms with van der Waals surface area (Å²) < 4.78 is 5.42. The number of ether oxygens (including phenoxy) is 1. The number of imide groups is 1. The van der Waals surface area contributed by atoms with Gasteiger partial charge in [0.05, 0.1) is 11.3 Å². The first-order chi connectivity index (χ1) is 17.6. The molecule has 2 aromatic heterocycles. The predicted molar refractivity (Wildman–Crippen MR) is 132 cm³/mol. The number of aromatic carboxylic acids is 1. The van der Waals surface area contributed by atoms with Gasteiger partial charge in [-0.15, -0.1) is 0 Å². The van der Waals surface area contributed by atoms with Crippen molar-refractivity contribution in [1.29, 1.82) is 0 Å². The second-order valence-corrected chi connectivity index (χ2v) is 10.2. The monoisotopic (exact) mass is 509 g/mol. The summed E-state index contributed by atoms with van der Waals surface area (Å²) in [5.74, 6) is -1.12. The maximum absolute atomic E-state index is 12.6. The number of aromatic nitrogens is 2. The zero-order valence-corrected chi connectivity index (χ0v) is 21.1. The minimum absolute atomic E-state index is 0.146. The van der Waals surface area contributed by atoms with Gasteiger partial charge in [-0.2, -0.15) is 0 Å². The highest BCUT2D eigenvalue weighted by atomic mass is 16.6. The molecule has 2 aliphatic rings. The molecule has 37 heavy (non-hydrogen) atoms. The van der Waals surface area contributed by atoms with Crippen LogP contribution in [0.1, 0.15) is 48.3 Å². The van der Waals surface area contributed by atoms with Crippen LogP contribution >= 0.6 is 0 Å². The first-order valence-corrected chi connectivity index (χ1v) is 12.3. The van der Waals surface area contributed by atoms with E-state index in [-0.39, 0.29) is 28.7 Å². The third-order valence-corrected chi connectivity index (χ3v) is 6.56. The molecule has 2 saturated heterocycles. The summed E-state index contributed by atoms with van der Waals surface area (Å²) in [5, 5.41) is 8.97. The fourth-order valence-electron chi connectivity index (χ4n) is 4.44. The Kier molecular flexibility index (Phi) is 7.82. The van der Waals surface area contributed by atoms with Crippen LogP contribution in [0.5, 0.6) is 5.88 Å². The molecule has 3 amide bonds. The van der Waals surface area contributed by atoms with Crippen molar-refractivity contribution in [2.45, 2.75) is 39.7 Å². The second-order valence-electron chi connectivity index (χ2n) is 10.2. The lowest BCUT2D eigenvalue weighted by Crippen LogP contribution is -2.49. The van der Waals surface area contributed by atoms with E-state index in [1.165, 1.54) is 17.2 Å². The van der Waals surface area contributed by atoms with E-state index in [2.05, 4.69) is 14.9 Å². The third-order valence-electron chi connectivity index (χ3n) is 6.56. The molecule has 11 heteroatoms. The average Bonchev–Trinajstić information content (AvgIpc) is 2.84. The first kappa shape index (κ1) is 26.2. The molecule has 2 fully saturated rings. The summed E-state index contributed by atoms with van der Waals surface area (Å²) >= 11 is 0. The predicted octanol–water partition coefficient (Wildman–Crippen LogP) is 2.21. The first-order valence-electron chi connectivity index (χ1n) is 12.3. The highest BCUT2D eigenvalue weighted by Crippen LogP contribution is 2.31. The Labute approximate surface area is 215 Å². The van der Waals surface area contributed by atoms with Crippen LogP contribution < -0.4 is 4.74 Å². The summed E-state index contributed by atoms with van der Waals surface area (Å²) in [6, 6.07) is 6.62. The Hall–Kier alpha value is -3.86. The number of piperazine rings is 1. The van der Waals surface area contributed by atoms with Gasteiger partial charge in [-0.1, -0.05) is 19.9 Å². The lowest BCUT2D eigenvalue weighted by Gasteiger charge is -2.34. The SMILES string of the molecule is CC1(C)CC(=O)N(CCc2ccc(OC(=O)N3CCN(Cc4ccc(C(=O)O)cn4)CC3)nc2)C(=O)C1. The topological polar surface area (TPSA) is 133 Å².